The van der Waals surface area contributed by atoms with E-state index in [1.807, 2.05) is 12.1 Å². The molecular formula is C13H18O2. The van der Waals surface area contributed by atoms with Crippen molar-refractivity contribution in [2.24, 2.45) is 5.92 Å². The highest BCUT2D eigenvalue weighted by molar-refractivity contribution is 5.30. The lowest BCUT2D eigenvalue weighted by Gasteiger charge is -2.21. The molecule has 1 aromatic carbocycles. The highest BCUT2D eigenvalue weighted by atomic mass is 16.5. The largest absolute Gasteiger partial charge is 0.508 e. The van der Waals surface area contributed by atoms with Crippen LogP contribution in [0.3, 0.4) is 0 Å². The SMILES string of the molecule is Oc1ccc(OCC2CCCCC2)cc1. The van der Waals surface area contributed by atoms with Gasteiger partial charge < -0.3 is 9.84 Å². The van der Waals surface area contributed by atoms with Crippen molar-refractivity contribution < 1.29 is 9.84 Å². The smallest absolute Gasteiger partial charge is 0.119 e. The first kappa shape index (κ1) is 10.3. The molecule has 1 aromatic rings. The Labute approximate surface area is 90.9 Å². The van der Waals surface area contributed by atoms with Crippen LogP contribution in [0.2, 0.25) is 0 Å². The number of rotatable bonds is 3. The minimum absolute atomic E-state index is 0.292. The molecule has 0 aromatic heterocycles. The number of phenolic OH excluding ortho intramolecular Hbond substituents is 1. The van der Waals surface area contributed by atoms with Crippen LogP contribution >= 0.6 is 0 Å². The molecule has 0 aliphatic heterocycles. The number of ether oxygens (including phenoxy) is 1. The fourth-order valence-corrected chi connectivity index (χ4v) is 2.11. The summed E-state index contributed by atoms with van der Waals surface area (Å²) in [7, 11) is 0. The van der Waals surface area contributed by atoms with Crippen LogP contribution in [-0.2, 0) is 0 Å². The van der Waals surface area contributed by atoms with E-state index in [-0.39, 0.29) is 0 Å². The predicted octanol–water partition coefficient (Wildman–Crippen LogP) is 3.35. The lowest BCUT2D eigenvalue weighted by molar-refractivity contribution is 0.208. The van der Waals surface area contributed by atoms with E-state index in [2.05, 4.69) is 0 Å². The van der Waals surface area contributed by atoms with Crippen molar-refractivity contribution in [2.45, 2.75) is 32.1 Å². The summed E-state index contributed by atoms with van der Waals surface area (Å²) in [5.41, 5.74) is 0. The Balaban J connectivity index is 1.79. The molecular weight excluding hydrogens is 188 g/mol. The second kappa shape index (κ2) is 5.06. The van der Waals surface area contributed by atoms with E-state index in [0.717, 1.165) is 18.3 Å². The van der Waals surface area contributed by atoms with E-state index < -0.39 is 0 Å². The van der Waals surface area contributed by atoms with Crippen LogP contribution in [0.15, 0.2) is 24.3 Å². The average molecular weight is 206 g/mol. The molecule has 82 valence electrons. The van der Waals surface area contributed by atoms with Gasteiger partial charge in [-0.15, -0.1) is 0 Å². The zero-order valence-corrected chi connectivity index (χ0v) is 8.98. The molecule has 1 aliphatic rings. The molecule has 2 rings (SSSR count). The molecule has 0 radical (unpaired) electrons. The van der Waals surface area contributed by atoms with Gasteiger partial charge in [-0.1, -0.05) is 19.3 Å². The topological polar surface area (TPSA) is 29.5 Å². The van der Waals surface area contributed by atoms with E-state index in [1.54, 1.807) is 12.1 Å². The summed E-state index contributed by atoms with van der Waals surface area (Å²) in [6.45, 7) is 0.824. The maximum atomic E-state index is 9.12. The van der Waals surface area contributed by atoms with Gasteiger partial charge in [0.15, 0.2) is 0 Å². The van der Waals surface area contributed by atoms with Gasteiger partial charge in [0.2, 0.25) is 0 Å². The fourth-order valence-electron chi connectivity index (χ4n) is 2.11. The molecule has 1 saturated carbocycles. The number of benzene rings is 1. The summed E-state index contributed by atoms with van der Waals surface area (Å²) in [6, 6.07) is 6.96. The first-order chi connectivity index (χ1) is 7.34. The fraction of sp³-hybridized carbons (Fsp3) is 0.538. The summed E-state index contributed by atoms with van der Waals surface area (Å²) in [5.74, 6) is 1.88. The molecule has 15 heavy (non-hydrogen) atoms. The Kier molecular flexibility index (Phi) is 3.49. The van der Waals surface area contributed by atoms with Crippen molar-refractivity contribution in [1.82, 2.24) is 0 Å². The molecule has 1 aliphatic carbocycles. The summed E-state index contributed by atoms with van der Waals surface area (Å²) < 4.78 is 5.69. The highest BCUT2D eigenvalue weighted by Crippen LogP contribution is 2.25. The monoisotopic (exact) mass is 206 g/mol. The lowest BCUT2D eigenvalue weighted by atomic mass is 9.90. The summed E-state index contributed by atoms with van der Waals surface area (Å²) in [4.78, 5) is 0. The molecule has 1 fully saturated rings. The van der Waals surface area contributed by atoms with Gasteiger partial charge >= 0.3 is 0 Å². The number of hydrogen-bond acceptors (Lipinski definition) is 2. The standard InChI is InChI=1S/C13H18O2/c14-12-6-8-13(9-7-12)15-10-11-4-2-1-3-5-11/h6-9,11,14H,1-5,10H2. The Morgan fingerprint density at radius 1 is 1.07 bits per heavy atom. The van der Waals surface area contributed by atoms with Gasteiger partial charge in [-0.05, 0) is 43.0 Å². The van der Waals surface area contributed by atoms with Gasteiger partial charge in [0, 0.05) is 0 Å². The van der Waals surface area contributed by atoms with Crippen molar-refractivity contribution in [3.8, 4) is 11.5 Å². The maximum Gasteiger partial charge on any atom is 0.119 e. The molecule has 0 heterocycles. The van der Waals surface area contributed by atoms with Crippen molar-refractivity contribution in [3.05, 3.63) is 24.3 Å². The molecule has 2 nitrogen and oxygen atoms in total. The molecule has 0 atom stereocenters. The second-order valence-electron chi connectivity index (χ2n) is 4.31. The van der Waals surface area contributed by atoms with Crippen molar-refractivity contribution in [2.75, 3.05) is 6.61 Å². The Morgan fingerprint density at radius 2 is 1.73 bits per heavy atom. The predicted molar refractivity (Wildman–Crippen MR) is 60.2 cm³/mol. The van der Waals surface area contributed by atoms with Crippen LogP contribution in [0.1, 0.15) is 32.1 Å². The van der Waals surface area contributed by atoms with Crippen molar-refractivity contribution >= 4 is 0 Å². The zero-order valence-electron chi connectivity index (χ0n) is 8.98. The van der Waals surface area contributed by atoms with Crippen LogP contribution in [0.25, 0.3) is 0 Å². The second-order valence-corrected chi connectivity index (χ2v) is 4.31. The van der Waals surface area contributed by atoms with Gasteiger partial charge in [0.05, 0.1) is 6.61 Å². The van der Waals surface area contributed by atoms with E-state index >= 15 is 0 Å². The Bertz CT molecular complexity index is 286. The van der Waals surface area contributed by atoms with Crippen molar-refractivity contribution in [3.63, 3.8) is 0 Å². The summed E-state index contributed by atoms with van der Waals surface area (Å²) >= 11 is 0. The van der Waals surface area contributed by atoms with Crippen LogP contribution in [0.4, 0.5) is 0 Å². The van der Waals surface area contributed by atoms with Crippen LogP contribution in [0.5, 0.6) is 11.5 Å². The minimum atomic E-state index is 0.292. The van der Waals surface area contributed by atoms with Gasteiger partial charge in [-0.25, -0.2) is 0 Å². The highest BCUT2D eigenvalue weighted by Gasteiger charge is 2.13. The van der Waals surface area contributed by atoms with Crippen molar-refractivity contribution in [1.29, 1.82) is 0 Å². The first-order valence-corrected chi connectivity index (χ1v) is 5.76. The molecule has 0 bridgehead atoms. The van der Waals surface area contributed by atoms with Gasteiger partial charge in [0.1, 0.15) is 11.5 Å². The maximum absolute atomic E-state index is 9.12. The molecule has 2 heteroatoms. The third-order valence-corrected chi connectivity index (χ3v) is 3.05. The molecule has 0 saturated heterocycles. The minimum Gasteiger partial charge on any atom is -0.508 e. The van der Waals surface area contributed by atoms with Crippen LogP contribution < -0.4 is 4.74 Å². The van der Waals surface area contributed by atoms with E-state index in [9.17, 15) is 0 Å². The van der Waals surface area contributed by atoms with Crippen LogP contribution in [0, 0.1) is 5.92 Å². The molecule has 0 unspecified atom stereocenters. The van der Waals surface area contributed by atoms with Crippen LogP contribution in [-0.4, -0.2) is 11.7 Å². The first-order valence-electron chi connectivity index (χ1n) is 5.76. The zero-order chi connectivity index (χ0) is 10.5. The average Bonchev–Trinajstić information content (AvgIpc) is 2.30. The van der Waals surface area contributed by atoms with E-state index in [1.165, 1.54) is 32.1 Å². The Morgan fingerprint density at radius 3 is 2.40 bits per heavy atom. The summed E-state index contributed by atoms with van der Waals surface area (Å²) in [6.07, 6.45) is 6.69. The van der Waals surface area contributed by atoms with E-state index in [0.29, 0.717) is 5.75 Å². The van der Waals surface area contributed by atoms with Gasteiger partial charge in [-0.2, -0.15) is 0 Å². The molecule has 0 amide bonds. The Hall–Kier alpha value is -1.18. The van der Waals surface area contributed by atoms with Gasteiger partial charge in [0.25, 0.3) is 0 Å². The number of aromatic hydroxyl groups is 1. The normalized spacial score (nSPS) is 17.6. The quantitative estimate of drug-likeness (QED) is 0.821. The molecule has 1 N–H and O–H groups in total. The summed E-state index contributed by atoms with van der Waals surface area (Å²) in [5, 5.41) is 9.12. The molecule has 0 spiro atoms. The third kappa shape index (κ3) is 3.15. The number of phenols is 1. The van der Waals surface area contributed by atoms with E-state index in [4.69, 9.17) is 9.84 Å². The third-order valence-electron chi connectivity index (χ3n) is 3.05. The lowest BCUT2D eigenvalue weighted by Crippen LogP contribution is -2.15. The number of hydrogen-bond donors (Lipinski definition) is 1. The van der Waals surface area contributed by atoms with Gasteiger partial charge in [-0.3, -0.25) is 0 Å².